The lowest BCUT2D eigenvalue weighted by Gasteiger charge is -2.16. The number of anilines is 1. The van der Waals surface area contributed by atoms with Crippen LogP contribution in [0.2, 0.25) is 0 Å². The molecule has 8 heteroatoms. The monoisotopic (exact) mass is 307 g/mol. The summed E-state index contributed by atoms with van der Waals surface area (Å²) in [6.45, 7) is -0.259. The third kappa shape index (κ3) is 5.50. The van der Waals surface area contributed by atoms with Crippen molar-refractivity contribution in [1.29, 1.82) is 0 Å². The summed E-state index contributed by atoms with van der Waals surface area (Å²) < 4.78 is 50.6. The molecule has 21 heavy (non-hydrogen) atoms. The van der Waals surface area contributed by atoms with Gasteiger partial charge in [-0.2, -0.15) is 13.2 Å². The molecule has 0 aliphatic rings. The molecule has 0 aromatic heterocycles. The predicted octanol–water partition coefficient (Wildman–Crippen LogP) is 2.61. The van der Waals surface area contributed by atoms with Gasteiger partial charge in [0, 0.05) is 6.07 Å². The van der Waals surface area contributed by atoms with Crippen LogP contribution in [0.4, 0.5) is 18.9 Å². The van der Waals surface area contributed by atoms with Gasteiger partial charge in [-0.1, -0.05) is 0 Å². The molecule has 0 heterocycles. The summed E-state index contributed by atoms with van der Waals surface area (Å²) in [5.74, 6) is 0.105. The number of amides is 1. The van der Waals surface area contributed by atoms with Crippen LogP contribution in [0.25, 0.3) is 0 Å². The second-order valence-electron chi connectivity index (χ2n) is 4.12. The highest BCUT2D eigenvalue weighted by Gasteiger charge is 2.30. The summed E-state index contributed by atoms with van der Waals surface area (Å²) in [5.41, 5.74) is 0.282. The smallest absolute Gasteiger partial charge is 0.411 e. The molecule has 1 rings (SSSR count). The minimum absolute atomic E-state index is 0.282. The van der Waals surface area contributed by atoms with Crippen molar-refractivity contribution in [2.75, 3.05) is 26.1 Å². The fourth-order valence-corrected chi connectivity index (χ4v) is 1.44. The van der Waals surface area contributed by atoms with E-state index in [0.29, 0.717) is 11.5 Å². The topological polar surface area (TPSA) is 56.8 Å². The minimum atomic E-state index is -4.48. The molecular formula is C13H16F3NO4. The first-order valence-corrected chi connectivity index (χ1v) is 5.98. The Morgan fingerprint density at radius 3 is 2.48 bits per heavy atom. The number of alkyl halides is 3. The molecule has 0 saturated carbocycles. The van der Waals surface area contributed by atoms with Gasteiger partial charge in [-0.3, -0.25) is 4.79 Å². The second kappa shape index (κ2) is 7.16. The maximum absolute atomic E-state index is 12.0. The van der Waals surface area contributed by atoms with E-state index in [-0.39, 0.29) is 5.69 Å². The third-order valence-corrected chi connectivity index (χ3v) is 2.53. The lowest BCUT2D eigenvalue weighted by atomic mass is 10.2. The molecule has 0 aliphatic heterocycles. The van der Waals surface area contributed by atoms with Crippen LogP contribution in [0.3, 0.4) is 0 Å². The minimum Gasteiger partial charge on any atom is -0.497 e. The van der Waals surface area contributed by atoms with E-state index in [4.69, 9.17) is 9.47 Å². The Hall–Kier alpha value is -1.96. The molecule has 0 radical (unpaired) electrons. The zero-order valence-corrected chi connectivity index (χ0v) is 11.8. The van der Waals surface area contributed by atoms with Gasteiger partial charge >= 0.3 is 6.18 Å². The maximum Gasteiger partial charge on any atom is 0.411 e. The van der Waals surface area contributed by atoms with Crippen LogP contribution in [0.15, 0.2) is 18.2 Å². The van der Waals surface area contributed by atoms with E-state index in [9.17, 15) is 18.0 Å². The van der Waals surface area contributed by atoms with Crippen LogP contribution in [0.5, 0.6) is 11.5 Å². The zero-order valence-electron chi connectivity index (χ0n) is 11.8. The van der Waals surface area contributed by atoms with Crippen LogP contribution in [-0.4, -0.2) is 39.0 Å². The first-order chi connectivity index (χ1) is 9.76. The SMILES string of the molecule is COc1ccc(OC)c(NC(=O)C(C)OCC(F)(F)F)c1. The number of carbonyl (C=O) groups is 1. The summed E-state index contributed by atoms with van der Waals surface area (Å²) in [6, 6.07) is 4.68. The van der Waals surface area contributed by atoms with Crippen molar-refractivity contribution < 1.29 is 32.2 Å². The van der Waals surface area contributed by atoms with Gasteiger partial charge in [0.25, 0.3) is 5.91 Å². The van der Waals surface area contributed by atoms with E-state index in [0.717, 1.165) is 0 Å². The fourth-order valence-electron chi connectivity index (χ4n) is 1.44. The van der Waals surface area contributed by atoms with Crippen molar-refractivity contribution in [2.45, 2.75) is 19.2 Å². The highest BCUT2D eigenvalue weighted by atomic mass is 19.4. The summed E-state index contributed by atoms with van der Waals surface area (Å²) in [4.78, 5) is 11.8. The number of methoxy groups -OCH3 is 2. The van der Waals surface area contributed by atoms with Gasteiger partial charge in [0.2, 0.25) is 0 Å². The molecule has 1 atom stereocenters. The average Bonchev–Trinajstić information content (AvgIpc) is 2.43. The van der Waals surface area contributed by atoms with Gasteiger partial charge in [0.15, 0.2) is 0 Å². The highest BCUT2D eigenvalue weighted by Crippen LogP contribution is 2.29. The van der Waals surface area contributed by atoms with Crippen LogP contribution in [0, 0.1) is 0 Å². The average molecular weight is 307 g/mol. The van der Waals surface area contributed by atoms with Gasteiger partial charge in [-0.15, -0.1) is 0 Å². The standard InChI is InChI=1S/C13H16F3NO4/c1-8(21-7-13(14,15)16)12(18)17-10-6-9(19-2)4-5-11(10)20-3/h4-6,8H,7H2,1-3H3,(H,17,18). The molecule has 1 aromatic rings. The molecule has 0 fully saturated rings. The number of hydrogen-bond acceptors (Lipinski definition) is 4. The number of benzene rings is 1. The van der Waals surface area contributed by atoms with Crippen molar-refractivity contribution in [2.24, 2.45) is 0 Å². The van der Waals surface area contributed by atoms with Crippen molar-refractivity contribution in [3.8, 4) is 11.5 Å². The molecule has 0 aliphatic carbocycles. The molecule has 1 N–H and O–H groups in total. The van der Waals surface area contributed by atoms with Crippen LogP contribution >= 0.6 is 0 Å². The van der Waals surface area contributed by atoms with Crippen LogP contribution in [0.1, 0.15) is 6.92 Å². The third-order valence-electron chi connectivity index (χ3n) is 2.53. The Morgan fingerprint density at radius 2 is 1.95 bits per heavy atom. The van der Waals surface area contributed by atoms with Crippen molar-refractivity contribution >= 4 is 11.6 Å². The van der Waals surface area contributed by atoms with E-state index >= 15 is 0 Å². The molecule has 118 valence electrons. The Bertz CT molecular complexity index is 491. The van der Waals surface area contributed by atoms with E-state index in [1.54, 1.807) is 12.1 Å². The Labute approximate surface area is 120 Å². The molecule has 1 amide bonds. The Kier molecular flexibility index (Phi) is 5.83. The summed E-state index contributed by atoms with van der Waals surface area (Å²) >= 11 is 0. The summed E-state index contributed by atoms with van der Waals surface area (Å²) in [5, 5.41) is 2.44. The second-order valence-corrected chi connectivity index (χ2v) is 4.12. The number of rotatable bonds is 6. The quantitative estimate of drug-likeness (QED) is 0.877. The van der Waals surface area contributed by atoms with Gasteiger partial charge in [0.1, 0.15) is 24.2 Å². The van der Waals surface area contributed by atoms with E-state index in [2.05, 4.69) is 10.1 Å². The molecule has 1 aromatic carbocycles. The Morgan fingerprint density at radius 1 is 1.29 bits per heavy atom. The predicted molar refractivity (Wildman–Crippen MR) is 69.6 cm³/mol. The van der Waals surface area contributed by atoms with Crippen LogP contribution < -0.4 is 14.8 Å². The van der Waals surface area contributed by atoms with Crippen molar-refractivity contribution in [3.05, 3.63) is 18.2 Å². The first kappa shape index (κ1) is 17.1. The van der Waals surface area contributed by atoms with Gasteiger partial charge in [-0.25, -0.2) is 0 Å². The maximum atomic E-state index is 12.0. The first-order valence-electron chi connectivity index (χ1n) is 5.98. The van der Waals surface area contributed by atoms with Gasteiger partial charge in [-0.05, 0) is 19.1 Å². The number of ether oxygens (including phenoxy) is 3. The number of nitrogens with one attached hydrogen (secondary N) is 1. The van der Waals surface area contributed by atoms with E-state index < -0.39 is 24.8 Å². The molecule has 0 saturated heterocycles. The largest absolute Gasteiger partial charge is 0.497 e. The van der Waals surface area contributed by atoms with E-state index in [1.165, 1.54) is 27.2 Å². The zero-order chi connectivity index (χ0) is 16.0. The molecule has 0 bridgehead atoms. The normalized spacial score (nSPS) is 12.7. The van der Waals surface area contributed by atoms with Crippen molar-refractivity contribution in [1.82, 2.24) is 0 Å². The summed E-state index contributed by atoms with van der Waals surface area (Å²) in [6.07, 6.45) is -5.75. The van der Waals surface area contributed by atoms with Gasteiger partial charge in [0.05, 0.1) is 19.9 Å². The lowest BCUT2D eigenvalue weighted by molar-refractivity contribution is -0.184. The lowest BCUT2D eigenvalue weighted by Crippen LogP contribution is -2.31. The van der Waals surface area contributed by atoms with Gasteiger partial charge < -0.3 is 19.5 Å². The van der Waals surface area contributed by atoms with Crippen LogP contribution in [-0.2, 0) is 9.53 Å². The van der Waals surface area contributed by atoms with Crippen molar-refractivity contribution in [3.63, 3.8) is 0 Å². The van der Waals surface area contributed by atoms with E-state index in [1.807, 2.05) is 0 Å². The molecule has 5 nitrogen and oxygen atoms in total. The molecule has 1 unspecified atom stereocenters. The molecular weight excluding hydrogens is 291 g/mol. The number of hydrogen-bond donors (Lipinski definition) is 1. The molecule has 0 spiro atoms. The summed E-state index contributed by atoms with van der Waals surface area (Å²) in [7, 11) is 2.85. The highest BCUT2D eigenvalue weighted by molar-refractivity contribution is 5.95. The number of halogens is 3. The fraction of sp³-hybridized carbons (Fsp3) is 0.462. The number of carbonyl (C=O) groups excluding carboxylic acids is 1. The Balaban J connectivity index is 2.73.